The summed E-state index contributed by atoms with van der Waals surface area (Å²) in [5, 5.41) is 4.10. The summed E-state index contributed by atoms with van der Waals surface area (Å²) in [7, 11) is 1.70. The van der Waals surface area contributed by atoms with E-state index in [-0.39, 0.29) is 7.46 Å². The van der Waals surface area contributed by atoms with Crippen molar-refractivity contribution in [1.29, 1.82) is 0 Å². The minimum Gasteiger partial charge on any atom is -0.384 e. The van der Waals surface area contributed by atoms with Gasteiger partial charge in [0.15, 0.2) is 5.82 Å². The second kappa shape index (κ2) is 9.30. The van der Waals surface area contributed by atoms with Crippen molar-refractivity contribution in [2.24, 2.45) is 0 Å². The Balaban J connectivity index is 0.00000272. The van der Waals surface area contributed by atoms with E-state index < -0.39 is 0 Å². The summed E-state index contributed by atoms with van der Waals surface area (Å²) in [5.74, 6) is 1.41. The molecule has 0 bridgehead atoms. The third-order valence-electron chi connectivity index (χ3n) is 5.70. The van der Waals surface area contributed by atoms with Gasteiger partial charge in [0.05, 0.1) is 17.6 Å². The lowest BCUT2D eigenvalue weighted by atomic mass is 10.2. The number of benzene rings is 1. The van der Waals surface area contributed by atoms with Crippen molar-refractivity contribution in [3.63, 3.8) is 0 Å². The highest BCUT2D eigenvalue weighted by molar-refractivity contribution is 6.06. The molecule has 0 atom stereocenters. The normalized spacial score (nSPS) is 14.1. The molecule has 1 aliphatic rings. The highest BCUT2D eigenvalue weighted by Gasteiger charge is 2.18. The largest absolute Gasteiger partial charge is 0.384 e. The number of unbranched alkanes of at least 4 members (excludes halogenated alkanes) is 1. The van der Waals surface area contributed by atoms with Crippen molar-refractivity contribution in [3.8, 4) is 0 Å². The van der Waals surface area contributed by atoms with Crippen LogP contribution in [0.1, 0.15) is 32.9 Å². The highest BCUT2D eigenvalue weighted by Crippen LogP contribution is 2.29. The average Bonchev–Trinajstić information content (AvgIpc) is 3.41. The number of amides is 2. The molecule has 8 heteroatoms. The summed E-state index contributed by atoms with van der Waals surface area (Å²) in [6, 6.07) is 8.09. The van der Waals surface area contributed by atoms with Crippen LogP contribution in [0.2, 0.25) is 0 Å². The number of likely N-dealkylation sites (tertiary alicyclic amines) is 1. The number of nitrogens with two attached hydrogens (primary N) is 1. The number of aryl methyl sites for hydroxylation is 1. The van der Waals surface area contributed by atoms with Gasteiger partial charge in [-0.05, 0) is 31.7 Å². The number of urea groups is 1. The van der Waals surface area contributed by atoms with E-state index in [2.05, 4.69) is 20.9 Å². The van der Waals surface area contributed by atoms with E-state index in [9.17, 15) is 4.79 Å². The Morgan fingerprint density at radius 1 is 1.23 bits per heavy atom. The number of nitrogen functional groups attached to an aromatic ring is 1. The van der Waals surface area contributed by atoms with Crippen molar-refractivity contribution in [1.82, 2.24) is 24.8 Å². The van der Waals surface area contributed by atoms with E-state index in [0.29, 0.717) is 25.4 Å². The second-order valence-corrected chi connectivity index (χ2v) is 7.77. The number of hydrogen-bond donors (Lipinski definition) is 2. The predicted molar refractivity (Wildman–Crippen MR) is 121 cm³/mol. The Morgan fingerprint density at radius 2 is 2.03 bits per heavy atom. The zero-order valence-corrected chi connectivity index (χ0v) is 17.6. The monoisotopic (exact) mass is 412 g/mol. The molecule has 0 saturated carbocycles. The van der Waals surface area contributed by atoms with Gasteiger partial charge < -0.3 is 25.3 Å². The van der Waals surface area contributed by atoms with Gasteiger partial charge in [0.25, 0.3) is 0 Å². The lowest BCUT2D eigenvalue weighted by Crippen LogP contribution is -2.38. The third-order valence-corrected chi connectivity index (χ3v) is 5.70. The van der Waals surface area contributed by atoms with Crippen LogP contribution in [0.3, 0.4) is 0 Å². The summed E-state index contributed by atoms with van der Waals surface area (Å²) in [6.45, 7) is 3.83. The summed E-state index contributed by atoms with van der Waals surface area (Å²) >= 11 is 0. The van der Waals surface area contributed by atoms with Crippen LogP contribution in [-0.2, 0) is 17.7 Å². The molecule has 0 spiro atoms. The molecule has 2 aromatic heterocycles. The zero-order valence-electron chi connectivity index (χ0n) is 17.6. The Morgan fingerprint density at radius 3 is 2.83 bits per heavy atom. The number of para-hydroxylation sites is 1. The van der Waals surface area contributed by atoms with Crippen LogP contribution in [0.5, 0.6) is 0 Å². The fraction of sp³-hybridized carbons (Fsp3) is 0.500. The van der Waals surface area contributed by atoms with Gasteiger partial charge in [-0.15, -0.1) is 0 Å². The molecule has 3 aromatic rings. The van der Waals surface area contributed by atoms with Crippen LogP contribution in [-0.4, -0.2) is 58.8 Å². The number of imidazole rings is 1. The number of methoxy groups -OCH3 is 1. The number of anilines is 1. The molecule has 1 saturated heterocycles. The fourth-order valence-corrected chi connectivity index (χ4v) is 4.15. The number of nitrogens with zero attached hydrogens (tertiary/aromatic N) is 4. The molecule has 0 radical (unpaired) electrons. The van der Waals surface area contributed by atoms with Gasteiger partial charge in [0.2, 0.25) is 0 Å². The minimum absolute atomic E-state index is 0. The van der Waals surface area contributed by atoms with Gasteiger partial charge >= 0.3 is 6.03 Å². The lowest BCUT2D eigenvalue weighted by molar-refractivity contribution is 0.199. The number of nitrogens with one attached hydrogen (secondary N) is 1. The van der Waals surface area contributed by atoms with Gasteiger partial charge in [0, 0.05) is 46.5 Å². The van der Waals surface area contributed by atoms with Crippen LogP contribution in [0, 0.1) is 0 Å². The summed E-state index contributed by atoms with van der Waals surface area (Å²) < 4.78 is 7.53. The van der Waals surface area contributed by atoms with E-state index in [0.717, 1.165) is 73.1 Å². The van der Waals surface area contributed by atoms with E-state index in [1.807, 2.05) is 23.1 Å². The molecule has 1 fully saturated rings. The number of hydrogen-bond acceptors (Lipinski definition) is 5. The number of pyridine rings is 1. The molecular formula is C22H32N6O2. The van der Waals surface area contributed by atoms with Crippen molar-refractivity contribution in [3.05, 3.63) is 30.1 Å². The molecule has 8 nitrogen and oxygen atoms in total. The molecule has 1 aromatic carbocycles. The van der Waals surface area contributed by atoms with Gasteiger partial charge in [-0.1, -0.05) is 18.2 Å². The van der Waals surface area contributed by atoms with Crippen molar-refractivity contribution < 1.29 is 11.0 Å². The van der Waals surface area contributed by atoms with Crippen molar-refractivity contribution >= 4 is 33.8 Å². The van der Waals surface area contributed by atoms with Crippen molar-refractivity contribution in [2.45, 2.75) is 38.6 Å². The SMILES string of the molecule is COCCc1nc2c(N)nc3ccccc3c2n1CCCCNC(=O)N1CCCC1.[HH]. The summed E-state index contributed by atoms with van der Waals surface area (Å²) in [4.78, 5) is 23.4. The van der Waals surface area contributed by atoms with Gasteiger partial charge in [-0.25, -0.2) is 14.8 Å². The first-order valence-corrected chi connectivity index (χ1v) is 10.7. The van der Waals surface area contributed by atoms with Crippen LogP contribution < -0.4 is 11.1 Å². The van der Waals surface area contributed by atoms with Gasteiger partial charge in [-0.3, -0.25) is 0 Å². The topological polar surface area (TPSA) is 98.3 Å². The maximum atomic E-state index is 12.1. The molecule has 0 unspecified atom stereocenters. The minimum atomic E-state index is 0. The molecule has 0 aliphatic carbocycles. The number of ether oxygens (including phenoxy) is 1. The number of rotatable bonds is 8. The standard InChI is InChI=1S/C22H30N6O2.H2/c1-30-15-10-18-26-19-20(16-8-2-3-9-17(16)25-21(19)23)28(18)14-5-4-11-24-22(29)27-12-6-7-13-27;/h2-3,8-9H,4-7,10-15H2,1H3,(H2,23,25)(H,24,29);1H. The zero-order chi connectivity index (χ0) is 20.9. The molecular weight excluding hydrogens is 380 g/mol. The molecule has 162 valence electrons. The average molecular weight is 413 g/mol. The Labute approximate surface area is 177 Å². The smallest absolute Gasteiger partial charge is 0.317 e. The first-order valence-electron chi connectivity index (χ1n) is 10.7. The van der Waals surface area contributed by atoms with E-state index in [1.54, 1.807) is 7.11 Å². The molecule has 3 N–H and O–H groups in total. The van der Waals surface area contributed by atoms with E-state index in [1.165, 1.54) is 0 Å². The third kappa shape index (κ3) is 4.18. The Kier molecular flexibility index (Phi) is 6.32. The maximum Gasteiger partial charge on any atom is 0.317 e. The van der Waals surface area contributed by atoms with E-state index >= 15 is 0 Å². The van der Waals surface area contributed by atoms with Crippen LogP contribution in [0.4, 0.5) is 10.6 Å². The van der Waals surface area contributed by atoms with Gasteiger partial charge in [0.1, 0.15) is 11.3 Å². The number of fused-ring (bicyclic) bond motifs is 3. The fourth-order valence-electron chi connectivity index (χ4n) is 4.15. The molecule has 1 aliphatic heterocycles. The molecule has 2 amide bonds. The summed E-state index contributed by atoms with van der Waals surface area (Å²) in [6.07, 6.45) is 4.77. The first-order chi connectivity index (χ1) is 14.7. The molecule has 4 rings (SSSR count). The second-order valence-electron chi connectivity index (χ2n) is 7.77. The quantitative estimate of drug-likeness (QED) is 0.554. The van der Waals surface area contributed by atoms with Crippen LogP contribution >= 0.6 is 0 Å². The van der Waals surface area contributed by atoms with E-state index in [4.69, 9.17) is 15.5 Å². The van der Waals surface area contributed by atoms with Crippen LogP contribution in [0.15, 0.2) is 24.3 Å². The van der Waals surface area contributed by atoms with Crippen LogP contribution in [0.25, 0.3) is 21.9 Å². The van der Waals surface area contributed by atoms with Gasteiger partial charge in [-0.2, -0.15) is 0 Å². The lowest BCUT2D eigenvalue weighted by Gasteiger charge is -2.16. The number of carbonyl (C=O) groups is 1. The van der Waals surface area contributed by atoms with Crippen molar-refractivity contribution in [2.75, 3.05) is 39.1 Å². The number of aromatic nitrogens is 3. The molecule has 30 heavy (non-hydrogen) atoms. The molecule has 3 heterocycles. The Hall–Kier alpha value is -2.87. The number of carbonyl (C=O) groups excluding carboxylic acids is 1. The highest BCUT2D eigenvalue weighted by atomic mass is 16.5. The summed E-state index contributed by atoms with van der Waals surface area (Å²) in [5.41, 5.74) is 8.89. The predicted octanol–water partition coefficient (Wildman–Crippen LogP) is 3.19. The maximum absolute atomic E-state index is 12.1. The Bertz CT molecular complexity index is 1030. The first kappa shape index (κ1) is 20.4.